The molecule has 10 heteroatoms. The second-order valence-electron chi connectivity index (χ2n) is 3.98. The maximum Gasteiger partial charge on any atom is 0.435 e. The molecule has 5 nitrogen and oxygen atoms in total. The van der Waals surface area contributed by atoms with E-state index in [0.29, 0.717) is 10.2 Å². The second-order valence-corrected chi connectivity index (χ2v) is 4.84. The Morgan fingerprint density at radius 1 is 1.38 bits per heavy atom. The summed E-state index contributed by atoms with van der Waals surface area (Å²) in [6.07, 6.45) is -4.93. The highest BCUT2D eigenvalue weighted by molar-refractivity contribution is 9.10. The van der Waals surface area contributed by atoms with Crippen molar-refractivity contribution >= 4 is 21.9 Å². The maximum absolute atomic E-state index is 12.9. The number of hydrogen-bond acceptors (Lipinski definition) is 3. The number of carboxylic acids is 1. The molecule has 1 aromatic carbocycles. The van der Waals surface area contributed by atoms with E-state index in [1.54, 1.807) is 0 Å². The first-order chi connectivity index (χ1) is 9.70. The Balaban J connectivity index is 2.47. The Bertz CT molecular complexity index is 699. The molecule has 0 saturated heterocycles. The summed E-state index contributed by atoms with van der Waals surface area (Å²) in [5.41, 5.74) is -2.35. The fraction of sp³-hybridized carbons (Fsp3) is 0.182. The molecule has 0 aliphatic rings. The molecule has 0 fully saturated rings. The van der Waals surface area contributed by atoms with E-state index < -0.39 is 35.9 Å². The van der Waals surface area contributed by atoms with Gasteiger partial charge in [-0.3, -0.25) is 0 Å². The molecule has 0 atom stereocenters. The first-order valence-electron chi connectivity index (χ1n) is 5.38. The van der Waals surface area contributed by atoms with Gasteiger partial charge in [0, 0.05) is 4.47 Å². The normalized spacial score (nSPS) is 11.7. The number of hydrogen-bond donors (Lipinski definition) is 1. The van der Waals surface area contributed by atoms with Gasteiger partial charge in [-0.15, -0.1) is 5.10 Å². The van der Waals surface area contributed by atoms with Crippen LogP contribution in [-0.4, -0.2) is 26.1 Å². The van der Waals surface area contributed by atoms with Gasteiger partial charge in [0.25, 0.3) is 0 Å². The summed E-state index contributed by atoms with van der Waals surface area (Å²) in [5, 5.41) is 15.0. The molecule has 0 radical (unpaired) electrons. The van der Waals surface area contributed by atoms with Crippen molar-refractivity contribution in [3.63, 3.8) is 0 Å². The van der Waals surface area contributed by atoms with Crippen LogP contribution >= 0.6 is 15.9 Å². The molecule has 0 amide bonds. The number of carboxylic acid groups (broad SMARTS) is 1. The molecule has 0 spiro atoms. The first kappa shape index (κ1) is 15.4. The maximum atomic E-state index is 12.9. The number of alkyl halides is 3. The Hall–Kier alpha value is -1.97. The highest BCUT2D eigenvalue weighted by atomic mass is 79.9. The summed E-state index contributed by atoms with van der Waals surface area (Å²) in [4.78, 5) is 10.8. The molecule has 0 saturated carbocycles. The van der Waals surface area contributed by atoms with Gasteiger partial charge in [-0.05, 0) is 17.7 Å². The zero-order chi connectivity index (χ0) is 15.8. The smallest absolute Gasteiger partial charge is 0.435 e. The molecule has 1 aromatic heterocycles. The number of benzene rings is 1. The molecule has 1 heterocycles. The van der Waals surface area contributed by atoms with Crippen molar-refractivity contribution in [3.05, 3.63) is 45.4 Å². The van der Waals surface area contributed by atoms with Crippen molar-refractivity contribution in [2.24, 2.45) is 0 Å². The van der Waals surface area contributed by atoms with Crippen LogP contribution in [0.4, 0.5) is 17.6 Å². The van der Waals surface area contributed by atoms with Gasteiger partial charge in [0.05, 0.1) is 6.54 Å². The summed E-state index contributed by atoms with van der Waals surface area (Å²) in [5.74, 6) is -2.39. The molecule has 1 N–H and O–H groups in total. The van der Waals surface area contributed by atoms with E-state index in [2.05, 4.69) is 26.2 Å². The standard InChI is InChI=1S/C11H6BrF4N3O2/c12-7-3-6(13)2-1-5(7)4-19-9(11(14,15)16)8(10(20)21)17-18-19/h1-3H,4H2,(H,20,21). The number of aromatic nitrogens is 3. The highest BCUT2D eigenvalue weighted by Gasteiger charge is 2.41. The van der Waals surface area contributed by atoms with Gasteiger partial charge >= 0.3 is 12.1 Å². The Labute approximate surface area is 123 Å². The van der Waals surface area contributed by atoms with Crippen LogP contribution in [0.5, 0.6) is 0 Å². The zero-order valence-corrected chi connectivity index (χ0v) is 11.6. The predicted octanol–water partition coefficient (Wildman–Crippen LogP) is 2.95. The van der Waals surface area contributed by atoms with E-state index >= 15 is 0 Å². The Morgan fingerprint density at radius 2 is 2.05 bits per heavy atom. The lowest BCUT2D eigenvalue weighted by atomic mass is 10.2. The third-order valence-electron chi connectivity index (χ3n) is 2.54. The minimum absolute atomic E-state index is 0.239. The molecule has 0 aliphatic carbocycles. The molecule has 2 aromatic rings. The minimum atomic E-state index is -4.93. The SMILES string of the molecule is O=C(O)c1nnn(Cc2ccc(F)cc2Br)c1C(F)(F)F. The molecule has 0 aliphatic heterocycles. The van der Waals surface area contributed by atoms with Crippen LogP contribution in [-0.2, 0) is 12.7 Å². The fourth-order valence-corrected chi connectivity index (χ4v) is 2.14. The average molecular weight is 368 g/mol. The van der Waals surface area contributed by atoms with Gasteiger partial charge in [-0.2, -0.15) is 13.2 Å². The van der Waals surface area contributed by atoms with Gasteiger partial charge in [0.15, 0.2) is 5.69 Å². The van der Waals surface area contributed by atoms with E-state index in [9.17, 15) is 22.4 Å². The van der Waals surface area contributed by atoms with Gasteiger partial charge in [-0.1, -0.05) is 27.2 Å². The molecule has 21 heavy (non-hydrogen) atoms. The molecule has 0 unspecified atom stereocenters. The monoisotopic (exact) mass is 367 g/mol. The minimum Gasteiger partial charge on any atom is -0.476 e. The lowest BCUT2D eigenvalue weighted by Crippen LogP contribution is -2.19. The summed E-state index contributed by atoms with van der Waals surface area (Å²) < 4.78 is 52.4. The van der Waals surface area contributed by atoms with Crippen LogP contribution < -0.4 is 0 Å². The van der Waals surface area contributed by atoms with Crippen LogP contribution in [0.1, 0.15) is 21.7 Å². The van der Waals surface area contributed by atoms with Crippen LogP contribution in [0.25, 0.3) is 0 Å². The van der Waals surface area contributed by atoms with Crippen molar-refractivity contribution in [1.82, 2.24) is 15.0 Å². The lowest BCUT2D eigenvalue weighted by Gasteiger charge is -2.11. The van der Waals surface area contributed by atoms with E-state index in [-0.39, 0.29) is 4.47 Å². The number of carbonyl (C=O) groups is 1. The number of aromatic carboxylic acids is 1. The van der Waals surface area contributed by atoms with E-state index in [1.165, 1.54) is 6.07 Å². The topological polar surface area (TPSA) is 68.0 Å². The third kappa shape index (κ3) is 3.20. The quantitative estimate of drug-likeness (QED) is 0.846. The van der Waals surface area contributed by atoms with Crippen molar-refractivity contribution in [2.75, 3.05) is 0 Å². The lowest BCUT2D eigenvalue weighted by molar-refractivity contribution is -0.144. The molecular formula is C11H6BrF4N3O2. The number of rotatable bonds is 3. The highest BCUT2D eigenvalue weighted by Crippen LogP contribution is 2.32. The number of halogens is 5. The van der Waals surface area contributed by atoms with Crippen LogP contribution in [0, 0.1) is 5.82 Å². The van der Waals surface area contributed by atoms with E-state index in [4.69, 9.17) is 5.11 Å². The fourth-order valence-electron chi connectivity index (χ4n) is 1.66. The summed E-state index contributed by atoms with van der Waals surface area (Å²) >= 11 is 3.02. The van der Waals surface area contributed by atoms with Crippen molar-refractivity contribution in [1.29, 1.82) is 0 Å². The zero-order valence-electron chi connectivity index (χ0n) is 10.0. The van der Waals surface area contributed by atoms with Crippen LogP contribution in [0.3, 0.4) is 0 Å². The second kappa shape index (κ2) is 5.43. The van der Waals surface area contributed by atoms with E-state index in [0.717, 1.165) is 12.1 Å². The molecule has 0 bridgehead atoms. The number of nitrogens with zero attached hydrogens (tertiary/aromatic N) is 3. The first-order valence-corrected chi connectivity index (χ1v) is 6.17. The van der Waals surface area contributed by atoms with Gasteiger partial charge in [0.1, 0.15) is 5.82 Å². The summed E-state index contributed by atoms with van der Waals surface area (Å²) in [6.45, 7) is -0.407. The Morgan fingerprint density at radius 3 is 2.57 bits per heavy atom. The van der Waals surface area contributed by atoms with Crippen molar-refractivity contribution in [2.45, 2.75) is 12.7 Å². The molecule has 112 valence electrons. The summed E-state index contributed by atoms with van der Waals surface area (Å²) in [6, 6.07) is 3.42. The van der Waals surface area contributed by atoms with Gasteiger partial charge in [-0.25, -0.2) is 13.9 Å². The van der Waals surface area contributed by atoms with Crippen molar-refractivity contribution in [3.8, 4) is 0 Å². The van der Waals surface area contributed by atoms with Gasteiger partial charge < -0.3 is 5.11 Å². The van der Waals surface area contributed by atoms with Crippen LogP contribution in [0.15, 0.2) is 22.7 Å². The third-order valence-corrected chi connectivity index (χ3v) is 3.28. The van der Waals surface area contributed by atoms with Gasteiger partial charge in [0.2, 0.25) is 5.69 Å². The van der Waals surface area contributed by atoms with E-state index in [1.807, 2.05) is 0 Å². The van der Waals surface area contributed by atoms with Crippen molar-refractivity contribution < 1.29 is 27.5 Å². The Kier molecular flexibility index (Phi) is 3.99. The summed E-state index contributed by atoms with van der Waals surface area (Å²) in [7, 11) is 0. The molecular weight excluding hydrogens is 362 g/mol. The average Bonchev–Trinajstić information content (AvgIpc) is 2.76. The largest absolute Gasteiger partial charge is 0.476 e. The molecule has 2 rings (SSSR count). The van der Waals surface area contributed by atoms with Crippen LogP contribution in [0.2, 0.25) is 0 Å². The predicted molar refractivity (Wildman–Crippen MR) is 65.2 cm³/mol.